The minimum atomic E-state index is -0.786. The summed E-state index contributed by atoms with van der Waals surface area (Å²) < 4.78 is 10.4. The molecular weight excluding hydrogens is 769 g/mol. The first-order valence-electron chi connectivity index (χ1n) is 21.3. The van der Waals surface area contributed by atoms with Crippen molar-refractivity contribution in [1.82, 2.24) is 0 Å². The third-order valence-electron chi connectivity index (χ3n) is 11.4. The fourth-order valence-electron chi connectivity index (χ4n) is 7.49. The summed E-state index contributed by atoms with van der Waals surface area (Å²) in [6.45, 7) is 20.0. The van der Waals surface area contributed by atoms with Gasteiger partial charge in [-0.15, -0.1) is 0 Å². The Labute approximate surface area is 367 Å². The molecule has 0 fully saturated rings. The Hall–Kier alpha value is -6.73. The number of nitrogens with zero attached hydrogens (tertiary/aromatic N) is 2. The first kappa shape index (κ1) is 44.8. The number of carbonyl (C=O) groups excluding carboxylic acids is 3. The standard InChI is InChI=1S/C55H58N2O5/c1-36(2)54(59)61-30-10-12-44-16-24-48(25-17-44)56(50-22-14-37(3)39(5)34-50)52-28-20-46(32-41(52)7)47-21-29-53(42(8)33-47)57(51-23-15-38(4)40(6)35-51)49-26-18-45(19-27-49)13-11-31-62-55(60)43(9)58/h14-29,32-35H,1,10-13,30-31H2,2-9H3. The van der Waals surface area contributed by atoms with Crippen LogP contribution in [0.25, 0.3) is 11.1 Å². The molecule has 0 aliphatic rings. The van der Waals surface area contributed by atoms with Gasteiger partial charge in [0.05, 0.1) is 13.2 Å². The zero-order chi connectivity index (χ0) is 44.5. The van der Waals surface area contributed by atoms with Crippen LogP contribution in [0.15, 0.2) is 133 Å². The van der Waals surface area contributed by atoms with Gasteiger partial charge in [-0.05, 0) is 203 Å². The molecule has 6 aromatic rings. The molecule has 0 saturated carbocycles. The fourth-order valence-corrected chi connectivity index (χ4v) is 7.49. The molecule has 0 unspecified atom stereocenters. The molecule has 0 aromatic heterocycles. The molecule has 62 heavy (non-hydrogen) atoms. The quantitative estimate of drug-likeness (QED) is 0.0392. The third kappa shape index (κ3) is 11.0. The molecule has 7 nitrogen and oxygen atoms in total. The van der Waals surface area contributed by atoms with E-state index in [1.165, 1.54) is 34.7 Å². The van der Waals surface area contributed by atoms with Crippen molar-refractivity contribution in [3.63, 3.8) is 0 Å². The molecular formula is C55H58N2O5. The van der Waals surface area contributed by atoms with Crippen LogP contribution in [-0.2, 0) is 36.7 Å². The highest BCUT2D eigenvalue weighted by Crippen LogP contribution is 2.41. The lowest BCUT2D eigenvalue weighted by Gasteiger charge is -2.29. The van der Waals surface area contributed by atoms with Gasteiger partial charge in [-0.2, -0.15) is 0 Å². The topological polar surface area (TPSA) is 76.2 Å². The van der Waals surface area contributed by atoms with E-state index in [0.29, 0.717) is 18.6 Å². The molecule has 0 saturated heterocycles. The summed E-state index contributed by atoms with van der Waals surface area (Å²) in [4.78, 5) is 39.2. The van der Waals surface area contributed by atoms with Crippen molar-refractivity contribution in [2.24, 2.45) is 0 Å². The summed E-state index contributed by atoms with van der Waals surface area (Å²) in [5.41, 5.74) is 18.7. The van der Waals surface area contributed by atoms with E-state index in [4.69, 9.17) is 9.47 Å². The average molecular weight is 827 g/mol. The molecule has 0 radical (unpaired) electrons. The summed E-state index contributed by atoms with van der Waals surface area (Å²) >= 11 is 0. The minimum Gasteiger partial charge on any atom is -0.462 e. The maximum atomic E-state index is 11.8. The van der Waals surface area contributed by atoms with Crippen LogP contribution in [0.1, 0.15) is 71.2 Å². The number of benzene rings is 6. The van der Waals surface area contributed by atoms with Crippen LogP contribution < -0.4 is 9.80 Å². The van der Waals surface area contributed by atoms with Crippen LogP contribution in [0.4, 0.5) is 34.1 Å². The molecule has 0 heterocycles. The molecule has 0 atom stereocenters. The van der Waals surface area contributed by atoms with E-state index in [1.807, 2.05) is 0 Å². The second-order valence-corrected chi connectivity index (χ2v) is 16.4. The van der Waals surface area contributed by atoms with E-state index in [0.717, 1.165) is 81.2 Å². The van der Waals surface area contributed by atoms with E-state index in [-0.39, 0.29) is 12.6 Å². The van der Waals surface area contributed by atoms with Gasteiger partial charge < -0.3 is 19.3 Å². The number of aryl methyl sites for hydroxylation is 8. The van der Waals surface area contributed by atoms with Crippen LogP contribution in [0.3, 0.4) is 0 Å². The Kier molecular flexibility index (Phi) is 14.6. The van der Waals surface area contributed by atoms with Gasteiger partial charge in [-0.3, -0.25) is 4.79 Å². The number of hydrogen-bond acceptors (Lipinski definition) is 7. The zero-order valence-corrected chi connectivity index (χ0v) is 37.4. The summed E-state index contributed by atoms with van der Waals surface area (Å²) in [6.07, 6.45) is 2.91. The molecule has 6 rings (SSSR count). The Bertz CT molecular complexity index is 2410. The number of esters is 2. The van der Waals surface area contributed by atoms with Crippen molar-refractivity contribution in [1.29, 1.82) is 0 Å². The summed E-state index contributed by atoms with van der Waals surface area (Å²) in [6, 6.07) is 43.8. The van der Waals surface area contributed by atoms with Crippen LogP contribution >= 0.6 is 0 Å². The van der Waals surface area contributed by atoms with Crippen LogP contribution in [0.2, 0.25) is 0 Å². The second-order valence-electron chi connectivity index (χ2n) is 16.4. The monoisotopic (exact) mass is 826 g/mol. The molecule has 0 spiro atoms. The molecule has 0 aliphatic heterocycles. The van der Waals surface area contributed by atoms with Gasteiger partial charge in [-0.25, -0.2) is 9.59 Å². The lowest BCUT2D eigenvalue weighted by molar-refractivity contribution is -0.153. The molecule has 0 aliphatic carbocycles. The number of Topliss-reactive ketones (excluding diaryl/α,β-unsaturated/α-hetero) is 1. The van der Waals surface area contributed by atoms with Crippen molar-refractivity contribution >= 4 is 51.8 Å². The predicted molar refractivity (Wildman–Crippen MR) is 254 cm³/mol. The maximum absolute atomic E-state index is 11.8. The first-order chi connectivity index (χ1) is 29.7. The number of rotatable bonds is 17. The highest BCUT2D eigenvalue weighted by Gasteiger charge is 2.19. The van der Waals surface area contributed by atoms with E-state index >= 15 is 0 Å². The highest BCUT2D eigenvalue weighted by molar-refractivity contribution is 6.32. The molecule has 318 valence electrons. The lowest BCUT2D eigenvalue weighted by Crippen LogP contribution is -2.14. The fraction of sp³-hybridized carbons (Fsp3) is 0.255. The van der Waals surface area contributed by atoms with Gasteiger partial charge in [0.2, 0.25) is 5.78 Å². The summed E-state index contributed by atoms with van der Waals surface area (Å²) in [5, 5.41) is 0. The Morgan fingerprint density at radius 3 is 1.19 bits per heavy atom. The Morgan fingerprint density at radius 1 is 0.452 bits per heavy atom. The van der Waals surface area contributed by atoms with Gasteiger partial charge in [-0.1, -0.05) is 55.1 Å². The highest BCUT2D eigenvalue weighted by atomic mass is 16.5. The van der Waals surface area contributed by atoms with Crippen molar-refractivity contribution in [3.05, 3.63) is 178 Å². The second kappa shape index (κ2) is 20.2. The SMILES string of the molecule is C=C(C)C(=O)OCCCc1ccc(N(c2ccc(C)c(C)c2)c2ccc(-c3ccc(N(c4ccc(CCCOC(=O)C(C)=O)cc4)c4ccc(C)c(C)c4)c(C)c3)cc2C)cc1. The number of carbonyl (C=O) groups is 3. The third-order valence-corrected chi connectivity index (χ3v) is 11.4. The number of ketones is 1. The lowest BCUT2D eigenvalue weighted by atomic mass is 9.98. The average Bonchev–Trinajstić information content (AvgIpc) is 3.25. The largest absolute Gasteiger partial charge is 0.462 e. The van der Waals surface area contributed by atoms with E-state index < -0.39 is 11.8 Å². The minimum absolute atomic E-state index is 0.210. The van der Waals surface area contributed by atoms with Gasteiger partial charge in [0.25, 0.3) is 0 Å². The zero-order valence-electron chi connectivity index (χ0n) is 37.4. The number of hydrogen-bond donors (Lipinski definition) is 0. The Morgan fingerprint density at radius 2 is 0.839 bits per heavy atom. The van der Waals surface area contributed by atoms with Crippen LogP contribution in [0, 0.1) is 41.5 Å². The van der Waals surface area contributed by atoms with E-state index in [1.54, 1.807) is 6.92 Å². The van der Waals surface area contributed by atoms with Crippen molar-refractivity contribution in [3.8, 4) is 11.1 Å². The molecule has 0 bridgehead atoms. The van der Waals surface area contributed by atoms with Gasteiger partial charge >= 0.3 is 11.9 Å². The van der Waals surface area contributed by atoms with Gasteiger partial charge in [0.15, 0.2) is 0 Å². The maximum Gasteiger partial charge on any atom is 0.374 e. The Balaban J connectivity index is 1.27. The van der Waals surface area contributed by atoms with Crippen LogP contribution in [0.5, 0.6) is 0 Å². The molecule has 7 heteroatoms. The van der Waals surface area contributed by atoms with E-state index in [9.17, 15) is 14.4 Å². The first-order valence-corrected chi connectivity index (χ1v) is 21.3. The van der Waals surface area contributed by atoms with Crippen molar-refractivity contribution in [2.75, 3.05) is 23.0 Å². The number of anilines is 6. The van der Waals surface area contributed by atoms with Crippen LogP contribution in [-0.4, -0.2) is 30.9 Å². The van der Waals surface area contributed by atoms with E-state index in [2.05, 4.69) is 179 Å². The van der Waals surface area contributed by atoms with Gasteiger partial charge in [0, 0.05) is 46.6 Å². The molecule has 0 N–H and O–H groups in total. The summed E-state index contributed by atoms with van der Waals surface area (Å²) in [5.74, 6) is -1.71. The van der Waals surface area contributed by atoms with Crippen molar-refractivity contribution in [2.45, 2.75) is 81.1 Å². The molecule has 6 aromatic carbocycles. The normalized spacial score (nSPS) is 10.9. The smallest absolute Gasteiger partial charge is 0.374 e. The summed E-state index contributed by atoms with van der Waals surface area (Å²) in [7, 11) is 0. The van der Waals surface area contributed by atoms with Crippen molar-refractivity contribution < 1.29 is 23.9 Å². The predicted octanol–water partition coefficient (Wildman–Crippen LogP) is 13.3. The molecule has 0 amide bonds. The number of ether oxygens (including phenoxy) is 2. The van der Waals surface area contributed by atoms with Gasteiger partial charge in [0.1, 0.15) is 0 Å².